The van der Waals surface area contributed by atoms with Crippen LogP contribution in [0.5, 0.6) is 0 Å². The van der Waals surface area contributed by atoms with E-state index >= 15 is 0 Å². The van der Waals surface area contributed by atoms with Gasteiger partial charge in [0.05, 0.1) is 12.1 Å². The molecule has 2 rings (SSSR count). The summed E-state index contributed by atoms with van der Waals surface area (Å²) in [5.41, 5.74) is 0.995. The number of carboxylic acids is 1. The Morgan fingerprint density at radius 3 is 2.67 bits per heavy atom. The molecule has 1 N–H and O–H groups in total. The van der Waals surface area contributed by atoms with Crippen molar-refractivity contribution in [3.63, 3.8) is 0 Å². The summed E-state index contributed by atoms with van der Waals surface area (Å²) in [6, 6.07) is 0. The van der Waals surface area contributed by atoms with E-state index in [0.717, 1.165) is 5.56 Å². The van der Waals surface area contributed by atoms with Crippen LogP contribution in [-0.4, -0.2) is 44.8 Å². The zero-order valence-electron chi connectivity index (χ0n) is 10.5. The molecule has 0 saturated carbocycles. The summed E-state index contributed by atoms with van der Waals surface area (Å²) in [6.45, 7) is 2.36. The minimum Gasteiger partial charge on any atom is -0.481 e. The molecule has 6 nitrogen and oxygen atoms in total. The van der Waals surface area contributed by atoms with Gasteiger partial charge in [0.25, 0.3) is 0 Å². The van der Waals surface area contributed by atoms with Crippen molar-refractivity contribution in [2.75, 3.05) is 13.1 Å². The lowest BCUT2D eigenvalue weighted by atomic mass is 9.86. The molecule has 1 aliphatic rings. The Morgan fingerprint density at radius 1 is 1.44 bits per heavy atom. The van der Waals surface area contributed by atoms with Crippen LogP contribution in [0.1, 0.15) is 24.8 Å². The number of aryl methyl sites for hydroxylation is 1. The first-order chi connectivity index (χ1) is 8.47. The van der Waals surface area contributed by atoms with Crippen molar-refractivity contribution in [2.45, 2.75) is 19.3 Å². The minimum atomic E-state index is -0.838. The van der Waals surface area contributed by atoms with E-state index < -0.39 is 11.9 Å². The average Bonchev–Trinajstić information content (AvgIpc) is 2.75. The van der Waals surface area contributed by atoms with E-state index in [1.165, 1.54) is 6.92 Å². The quantitative estimate of drug-likeness (QED) is 0.828. The van der Waals surface area contributed by atoms with E-state index in [1.807, 2.05) is 13.2 Å². The first-order valence-corrected chi connectivity index (χ1v) is 5.94. The summed E-state index contributed by atoms with van der Waals surface area (Å²) >= 11 is 0. The molecule has 0 aromatic carbocycles. The van der Waals surface area contributed by atoms with Gasteiger partial charge in [-0.15, -0.1) is 0 Å². The lowest BCUT2D eigenvalue weighted by molar-refractivity contribution is -0.145. The van der Waals surface area contributed by atoms with Gasteiger partial charge in [-0.1, -0.05) is 0 Å². The second kappa shape index (κ2) is 4.80. The molecule has 2 atom stereocenters. The van der Waals surface area contributed by atoms with Gasteiger partial charge in [-0.3, -0.25) is 14.3 Å². The van der Waals surface area contributed by atoms with Crippen LogP contribution in [0.15, 0.2) is 12.4 Å². The predicted molar refractivity (Wildman–Crippen MR) is 63.9 cm³/mol. The lowest BCUT2D eigenvalue weighted by Gasteiger charge is -2.35. The fraction of sp³-hybridized carbons (Fsp3) is 0.583. The molecule has 2 heterocycles. The number of rotatable bonds is 2. The number of hydrogen-bond acceptors (Lipinski definition) is 3. The van der Waals surface area contributed by atoms with Gasteiger partial charge in [-0.05, 0) is 12.0 Å². The second-order valence-corrected chi connectivity index (χ2v) is 4.84. The third-order valence-corrected chi connectivity index (χ3v) is 3.44. The summed E-state index contributed by atoms with van der Waals surface area (Å²) in [7, 11) is 1.82. The minimum absolute atomic E-state index is 0.0532. The molecule has 1 saturated heterocycles. The number of nitrogens with zero attached hydrogens (tertiary/aromatic N) is 3. The molecule has 98 valence electrons. The summed E-state index contributed by atoms with van der Waals surface area (Å²) < 4.78 is 1.69. The molecule has 0 aliphatic carbocycles. The maximum atomic E-state index is 11.5. The number of carbonyl (C=O) groups excluding carboxylic acids is 1. The molecular formula is C12H17N3O3. The highest BCUT2D eigenvalue weighted by atomic mass is 16.4. The van der Waals surface area contributed by atoms with Crippen molar-refractivity contribution in [3.05, 3.63) is 18.0 Å². The van der Waals surface area contributed by atoms with Gasteiger partial charge >= 0.3 is 5.97 Å². The van der Waals surface area contributed by atoms with Gasteiger partial charge in [0.15, 0.2) is 0 Å². The Labute approximate surface area is 105 Å². The van der Waals surface area contributed by atoms with Gasteiger partial charge in [0, 0.05) is 39.2 Å². The number of carboxylic acid groups (broad SMARTS) is 1. The van der Waals surface area contributed by atoms with E-state index in [-0.39, 0.29) is 11.8 Å². The zero-order chi connectivity index (χ0) is 13.3. The Bertz CT molecular complexity index is 447. The summed E-state index contributed by atoms with van der Waals surface area (Å²) in [5, 5.41) is 13.2. The predicted octanol–water partition coefficient (Wildman–Crippen LogP) is 0.457. The van der Waals surface area contributed by atoms with E-state index in [4.69, 9.17) is 5.11 Å². The summed E-state index contributed by atoms with van der Waals surface area (Å²) in [5.74, 6) is -1.35. The molecule has 0 bridgehead atoms. The first-order valence-electron chi connectivity index (χ1n) is 5.94. The Kier molecular flexibility index (Phi) is 3.36. The first kappa shape index (κ1) is 12.6. The van der Waals surface area contributed by atoms with Crippen molar-refractivity contribution in [3.8, 4) is 0 Å². The SMILES string of the molecule is CC(=O)N1CC(C(=O)O)CC(c2cnn(C)c2)C1. The molecule has 1 fully saturated rings. The number of aromatic nitrogens is 2. The van der Waals surface area contributed by atoms with Crippen LogP contribution in [0.3, 0.4) is 0 Å². The lowest BCUT2D eigenvalue weighted by Crippen LogP contribution is -2.44. The number of piperidine rings is 1. The number of carbonyl (C=O) groups is 2. The third-order valence-electron chi connectivity index (χ3n) is 3.44. The van der Waals surface area contributed by atoms with Crippen molar-refractivity contribution >= 4 is 11.9 Å². The van der Waals surface area contributed by atoms with Gasteiger partial charge in [0.2, 0.25) is 5.91 Å². The highest BCUT2D eigenvalue weighted by molar-refractivity contribution is 5.76. The molecule has 1 aromatic rings. The van der Waals surface area contributed by atoms with Crippen LogP contribution in [-0.2, 0) is 16.6 Å². The van der Waals surface area contributed by atoms with Gasteiger partial charge in [0.1, 0.15) is 0 Å². The molecule has 6 heteroatoms. The molecule has 0 spiro atoms. The van der Waals surface area contributed by atoms with Crippen molar-refractivity contribution in [1.29, 1.82) is 0 Å². The van der Waals surface area contributed by atoms with Crippen molar-refractivity contribution in [1.82, 2.24) is 14.7 Å². The van der Waals surface area contributed by atoms with E-state index in [2.05, 4.69) is 5.10 Å². The molecular weight excluding hydrogens is 234 g/mol. The maximum Gasteiger partial charge on any atom is 0.308 e. The Balaban J connectivity index is 2.19. The molecule has 1 amide bonds. The summed E-state index contributed by atoms with van der Waals surface area (Å²) in [4.78, 5) is 24.2. The second-order valence-electron chi connectivity index (χ2n) is 4.84. The fourth-order valence-corrected chi connectivity index (χ4v) is 2.43. The van der Waals surface area contributed by atoms with Gasteiger partial charge in [-0.25, -0.2) is 0 Å². The van der Waals surface area contributed by atoms with Crippen molar-refractivity contribution in [2.24, 2.45) is 13.0 Å². The number of amides is 1. The third kappa shape index (κ3) is 2.52. The smallest absolute Gasteiger partial charge is 0.308 e. The Morgan fingerprint density at radius 2 is 2.17 bits per heavy atom. The number of hydrogen-bond donors (Lipinski definition) is 1. The normalized spacial score (nSPS) is 24.0. The topological polar surface area (TPSA) is 75.4 Å². The molecule has 2 unspecified atom stereocenters. The van der Waals surface area contributed by atoms with Crippen LogP contribution in [0.2, 0.25) is 0 Å². The number of aliphatic carboxylic acids is 1. The fourth-order valence-electron chi connectivity index (χ4n) is 2.43. The van der Waals surface area contributed by atoms with Crippen LogP contribution in [0, 0.1) is 5.92 Å². The van der Waals surface area contributed by atoms with E-state index in [1.54, 1.807) is 15.8 Å². The van der Waals surface area contributed by atoms with Crippen LogP contribution >= 0.6 is 0 Å². The average molecular weight is 251 g/mol. The Hall–Kier alpha value is -1.85. The van der Waals surface area contributed by atoms with E-state index in [0.29, 0.717) is 19.5 Å². The van der Waals surface area contributed by atoms with Gasteiger partial charge < -0.3 is 10.0 Å². The van der Waals surface area contributed by atoms with E-state index in [9.17, 15) is 9.59 Å². The highest BCUT2D eigenvalue weighted by Gasteiger charge is 2.33. The summed E-state index contributed by atoms with van der Waals surface area (Å²) in [6.07, 6.45) is 4.19. The number of likely N-dealkylation sites (tertiary alicyclic amines) is 1. The van der Waals surface area contributed by atoms with Crippen molar-refractivity contribution < 1.29 is 14.7 Å². The molecule has 1 aromatic heterocycles. The molecule has 18 heavy (non-hydrogen) atoms. The zero-order valence-corrected chi connectivity index (χ0v) is 10.5. The standard InChI is InChI=1S/C12H17N3O3/c1-8(16)15-6-9(3-10(7-15)12(17)18)11-4-13-14(2)5-11/h4-5,9-10H,3,6-7H2,1-2H3,(H,17,18). The monoisotopic (exact) mass is 251 g/mol. The highest BCUT2D eigenvalue weighted by Crippen LogP contribution is 2.30. The van der Waals surface area contributed by atoms with Crippen LogP contribution in [0.4, 0.5) is 0 Å². The molecule has 1 aliphatic heterocycles. The molecule has 0 radical (unpaired) electrons. The largest absolute Gasteiger partial charge is 0.481 e. The van der Waals surface area contributed by atoms with Crippen LogP contribution < -0.4 is 0 Å². The maximum absolute atomic E-state index is 11.5. The van der Waals surface area contributed by atoms with Crippen LogP contribution in [0.25, 0.3) is 0 Å². The van der Waals surface area contributed by atoms with Gasteiger partial charge in [-0.2, -0.15) is 5.10 Å².